The van der Waals surface area contributed by atoms with Crippen LogP contribution in [0.1, 0.15) is 21.5 Å². The lowest BCUT2D eigenvalue weighted by molar-refractivity contribution is 0.0597. The van der Waals surface area contributed by atoms with Crippen molar-refractivity contribution in [1.82, 2.24) is 14.0 Å². The summed E-state index contributed by atoms with van der Waals surface area (Å²) in [5, 5.41) is 8.91. The summed E-state index contributed by atoms with van der Waals surface area (Å²) in [5.74, 6) is 0.526. The number of nitrogens with zero attached hydrogens (tertiary/aromatic N) is 3. The number of nitrogens with one attached hydrogen (secondary N) is 1. The van der Waals surface area contributed by atoms with E-state index in [1.54, 1.807) is 31.0 Å². The summed E-state index contributed by atoms with van der Waals surface area (Å²) in [7, 11) is 4.38. The monoisotopic (exact) mass is 448 g/mol. The van der Waals surface area contributed by atoms with Crippen molar-refractivity contribution in [3.63, 3.8) is 0 Å². The van der Waals surface area contributed by atoms with Gasteiger partial charge >= 0.3 is 5.97 Å². The van der Waals surface area contributed by atoms with Crippen molar-refractivity contribution in [3.05, 3.63) is 75.1 Å². The smallest absolute Gasteiger partial charge is 0.341 e. The van der Waals surface area contributed by atoms with Crippen LogP contribution < -0.4 is 20.5 Å². The highest BCUT2D eigenvalue weighted by atomic mass is 16.5. The standard InChI is InChI=1S/C24H24N4O5/c1-14-6-5-10-28-21(14)26-22-17(23(28)29)13-16(24(30)33-4)20(25)27(22)11-9-15-7-8-18(31-2)19(12-15)32-3/h5-8,10,12-13,25H,9,11H2,1-4H3. The van der Waals surface area contributed by atoms with E-state index in [0.717, 1.165) is 11.1 Å². The van der Waals surface area contributed by atoms with Crippen molar-refractivity contribution < 1.29 is 19.0 Å². The summed E-state index contributed by atoms with van der Waals surface area (Å²) in [6, 6.07) is 10.6. The van der Waals surface area contributed by atoms with Crippen LogP contribution in [0.2, 0.25) is 0 Å². The molecule has 3 heterocycles. The zero-order valence-electron chi connectivity index (χ0n) is 18.8. The third-order valence-corrected chi connectivity index (χ3v) is 5.61. The number of benzene rings is 1. The van der Waals surface area contributed by atoms with E-state index >= 15 is 0 Å². The number of hydrogen-bond donors (Lipinski definition) is 1. The van der Waals surface area contributed by atoms with Gasteiger partial charge in [0.2, 0.25) is 0 Å². The Morgan fingerprint density at radius 3 is 2.52 bits per heavy atom. The molecule has 0 unspecified atom stereocenters. The molecule has 3 aromatic heterocycles. The van der Waals surface area contributed by atoms with E-state index in [1.165, 1.54) is 17.6 Å². The van der Waals surface area contributed by atoms with Gasteiger partial charge in [-0.05, 0) is 48.7 Å². The van der Waals surface area contributed by atoms with Crippen LogP contribution in [0.25, 0.3) is 16.7 Å². The molecule has 1 N–H and O–H groups in total. The minimum Gasteiger partial charge on any atom is -0.493 e. The second kappa shape index (κ2) is 8.78. The molecule has 0 aliphatic rings. The molecule has 4 rings (SSSR count). The molecule has 1 aromatic carbocycles. The minimum absolute atomic E-state index is 0.00353. The number of carbonyl (C=O) groups excluding carboxylic acids is 1. The number of fused-ring (bicyclic) bond motifs is 2. The average molecular weight is 448 g/mol. The summed E-state index contributed by atoms with van der Waals surface area (Å²) in [5.41, 5.74) is 2.22. The predicted molar refractivity (Wildman–Crippen MR) is 122 cm³/mol. The maximum Gasteiger partial charge on any atom is 0.341 e. The Hall–Kier alpha value is -4.14. The maximum atomic E-state index is 13.3. The van der Waals surface area contributed by atoms with Crippen LogP contribution in [0.15, 0.2) is 47.4 Å². The Morgan fingerprint density at radius 2 is 1.82 bits per heavy atom. The zero-order chi connectivity index (χ0) is 23.7. The molecular weight excluding hydrogens is 424 g/mol. The molecule has 0 saturated heterocycles. The first-order chi connectivity index (χ1) is 15.9. The molecule has 0 spiro atoms. The molecule has 0 aliphatic carbocycles. The third-order valence-electron chi connectivity index (χ3n) is 5.61. The number of aryl methyl sites for hydroxylation is 3. The Balaban J connectivity index is 1.92. The topological polar surface area (TPSA) is 108 Å². The van der Waals surface area contributed by atoms with Crippen molar-refractivity contribution in [2.24, 2.45) is 0 Å². The van der Waals surface area contributed by atoms with Gasteiger partial charge in [0.25, 0.3) is 5.56 Å². The first-order valence-corrected chi connectivity index (χ1v) is 10.3. The number of methoxy groups -OCH3 is 3. The molecule has 9 nitrogen and oxygen atoms in total. The minimum atomic E-state index is -0.685. The molecule has 4 aromatic rings. The lowest BCUT2D eigenvalue weighted by atomic mass is 10.1. The van der Waals surface area contributed by atoms with Crippen molar-refractivity contribution >= 4 is 22.6 Å². The number of ether oxygens (including phenoxy) is 3. The van der Waals surface area contributed by atoms with Gasteiger partial charge in [0.05, 0.1) is 26.7 Å². The lowest BCUT2D eigenvalue weighted by Crippen LogP contribution is -2.31. The van der Waals surface area contributed by atoms with E-state index < -0.39 is 5.97 Å². The van der Waals surface area contributed by atoms with Crippen molar-refractivity contribution in [2.45, 2.75) is 19.9 Å². The Labute approximate surface area is 189 Å². The highest BCUT2D eigenvalue weighted by Crippen LogP contribution is 2.28. The third kappa shape index (κ3) is 3.82. The summed E-state index contributed by atoms with van der Waals surface area (Å²) < 4.78 is 18.5. The number of esters is 1. The first-order valence-electron chi connectivity index (χ1n) is 10.3. The second-order valence-electron chi connectivity index (χ2n) is 7.53. The summed E-state index contributed by atoms with van der Waals surface area (Å²) in [4.78, 5) is 30.3. The van der Waals surface area contributed by atoms with Gasteiger partial charge in [-0.25, -0.2) is 9.78 Å². The van der Waals surface area contributed by atoms with E-state index in [-0.39, 0.29) is 22.0 Å². The molecule has 0 fully saturated rings. The second-order valence-corrected chi connectivity index (χ2v) is 7.53. The maximum absolute atomic E-state index is 13.3. The van der Waals surface area contributed by atoms with Gasteiger partial charge in [-0.2, -0.15) is 0 Å². The fourth-order valence-electron chi connectivity index (χ4n) is 3.86. The molecule has 170 valence electrons. The molecule has 0 bridgehead atoms. The molecule has 0 radical (unpaired) electrons. The molecule has 33 heavy (non-hydrogen) atoms. The lowest BCUT2D eigenvalue weighted by Gasteiger charge is -2.15. The SMILES string of the molecule is COC(=O)c1cc2c(=O)n3cccc(C)c3nc2n(CCc2ccc(OC)c(OC)c2)c1=N. The Bertz CT molecular complexity index is 1500. The largest absolute Gasteiger partial charge is 0.493 e. The average Bonchev–Trinajstić information content (AvgIpc) is 2.83. The fraction of sp³-hybridized carbons (Fsp3) is 0.250. The van der Waals surface area contributed by atoms with E-state index in [1.807, 2.05) is 31.2 Å². The zero-order valence-corrected chi connectivity index (χ0v) is 18.8. The van der Waals surface area contributed by atoms with Gasteiger partial charge in [0.15, 0.2) is 11.5 Å². The number of hydrogen-bond acceptors (Lipinski definition) is 7. The van der Waals surface area contributed by atoms with Gasteiger partial charge < -0.3 is 18.8 Å². The summed E-state index contributed by atoms with van der Waals surface area (Å²) in [6.07, 6.45) is 2.14. The summed E-state index contributed by atoms with van der Waals surface area (Å²) in [6.45, 7) is 2.18. The molecule has 9 heteroatoms. The van der Waals surface area contributed by atoms with Gasteiger partial charge in [0, 0.05) is 12.7 Å². The van der Waals surface area contributed by atoms with E-state index in [0.29, 0.717) is 35.8 Å². The van der Waals surface area contributed by atoms with E-state index in [4.69, 9.17) is 24.6 Å². The Kier molecular flexibility index (Phi) is 5.87. The molecule has 0 amide bonds. The number of rotatable bonds is 6. The van der Waals surface area contributed by atoms with Crippen molar-refractivity contribution in [3.8, 4) is 11.5 Å². The molecular formula is C24H24N4O5. The van der Waals surface area contributed by atoms with Gasteiger partial charge in [-0.1, -0.05) is 12.1 Å². The number of pyridine rings is 2. The van der Waals surface area contributed by atoms with Crippen molar-refractivity contribution in [2.75, 3.05) is 21.3 Å². The van der Waals surface area contributed by atoms with Crippen LogP contribution in [-0.2, 0) is 17.7 Å². The van der Waals surface area contributed by atoms with Crippen molar-refractivity contribution in [1.29, 1.82) is 5.41 Å². The van der Waals surface area contributed by atoms with E-state index in [9.17, 15) is 9.59 Å². The highest BCUT2D eigenvalue weighted by Gasteiger charge is 2.18. The number of aromatic nitrogens is 3. The van der Waals surface area contributed by atoms with Gasteiger partial charge in [-0.15, -0.1) is 0 Å². The van der Waals surface area contributed by atoms with Gasteiger partial charge in [0.1, 0.15) is 22.3 Å². The quantitative estimate of drug-likeness (QED) is 0.359. The van der Waals surface area contributed by atoms with Crippen LogP contribution in [0.4, 0.5) is 0 Å². The van der Waals surface area contributed by atoms with E-state index in [2.05, 4.69) is 0 Å². The fourth-order valence-corrected chi connectivity index (χ4v) is 3.86. The number of carbonyl (C=O) groups is 1. The Morgan fingerprint density at radius 1 is 1.06 bits per heavy atom. The van der Waals surface area contributed by atoms with Crippen LogP contribution in [0.3, 0.4) is 0 Å². The van der Waals surface area contributed by atoms with Crippen LogP contribution >= 0.6 is 0 Å². The van der Waals surface area contributed by atoms with Crippen LogP contribution in [0, 0.1) is 12.3 Å². The predicted octanol–water partition coefficient (Wildman–Crippen LogP) is 2.48. The molecule has 0 saturated carbocycles. The molecule has 0 atom stereocenters. The normalized spacial score (nSPS) is 11.0. The summed E-state index contributed by atoms with van der Waals surface area (Å²) >= 11 is 0. The first kappa shape index (κ1) is 22.1. The van der Waals surface area contributed by atoms with Gasteiger partial charge in [-0.3, -0.25) is 14.6 Å². The van der Waals surface area contributed by atoms with Crippen LogP contribution in [0.5, 0.6) is 11.5 Å². The highest BCUT2D eigenvalue weighted by molar-refractivity contribution is 5.93. The van der Waals surface area contributed by atoms with Crippen LogP contribution in [-0.4, -0.2) is 41.3 Å². The molecule has 0 aliphatic heterocycles.